The normalized spacial score (nSPS) is 10.4. The minimum absolute atomic E-state index is 0.116. The molecule has 25 heavy (non-hydrogen) atoms. The van der Waals surface area contributed by atoms with Gasteiger partial charge in [-0.05, 0) is 42.8 Å². The van der Waals surface area contributed by atoms with Crippen LogP contribution in [0.3, 0.4) is 0 Å². The number of rotatable bonds is 5. The van der Waals surface area contributed by atoms with Gasteiger partial charge in [-0.3, -0.25) is 9.59 Å². The Kier molecular flexibility index (Phi) is 6.71. The number of nitrogens with one attached hydrogen (secondary N) is 1. The van der Waals surface area contributed by atoms with E-state index in [-0.39, 0.29) is 24.8 Å². The number of carbonyl (C=O) groups excluding carboxylic acids is 2. The number of hydrogen-bond donors (Lipinski definition) is 1. The van der Waals surface area contributed by atoms with Gasteiger partial charge < -0.3 is 10.2 Å². The maximum Gasteiger partial charge on any atom is 0.226 e. The van der Waals surface area contributed by atoms with Crippen LogP contribution in [-0.4, -0.2) is 18.4 Å². The van der Waals surface area contributed by atoms with Crippen LogP contribution < -0.4 is 10.2 Å². The second-order valence-corrected chi connectivity index (χ2v) is 6.73. The average Bonchev–Trinajstić information content (AvgIpc) is 2.53. The number of nitrogens with zero attached hydrogens (tertiary/aromatic N) is 1. The lowest BCUT2D eigenvalue weighted by Gasteiger charge is -2.22. The highest BCUT2D eigenvalue weighted by Crippen LogP contribution is 2.29. The molecule has 0 aromatic heterocycles. The fourth-order valence-electron chi connectivity index (χ4n) is 2.32. The Balaban J connectivity index is 2.07. The molecule has 0 saturated carbocycles. The number of halogens is 3. The molecule has 2 rings (SSSR count). The Morgan fingerprint density at radius 2 is 1.80 bits per heavy atom. The Morgan fingerprint density at radius 1 is 1.08 bits per heavy atom. The van der Waals surface area contributed by atoms with Crippen LogP contribution in [0.2, 0.25) is 15.1 Å². The lowest BCUT2D eigenvalue weighted by Crippen LogP contribution is -2.32. The molecule has 0 aliphatic rings. The molecule has 2 aromatic carbocycles. The van der Waals surface area contributed by atoms with Crippen molar-refractivity contribution in [2.24, 2.45) is 0 Å². The Labute approximate surface area is 161 Å². The maximum atomic E-state index is 12.2. The highest BCUT2D eigenvalue weighted by atomic mass is 35.5. The van der Waals surface area contributed by atoms with Gasteiger partial charge in [0.15, 0.2) is 0 Å². The summed E-state index contributed by atoms with van der Waals surface area (Å²) in [7, 11) is 0. The number of amides is 2. The van der Waals surface area contributed by atoms with E-state index in [2.05, 4.69) is 5.32 Å². The summed E-state index contributed by atoms with van der Waals surface area (Å²) in [6.07, 6.45) is 0.116. The lowest BCUT2D eigenvalue weighted by atomic mass is 10.2. The van der Waals surface area contributed by atoms with Crippen molar-refractivity contribution in [2.45, 2.75) is 20.3 Å². The fraction of sp³-hybridized carbons (Fsp3) is 0.222. The SMILES string of the molecule is CC(=O)N(CCC(=O)Nc1cccc(Cl)c1C)c1ccc(Cl)cc1Cl. The van der Waals surface area contributed by atoms with Gasteiger partial charge in [-0.15, -0.1) is 0 Å². The summed E-state index contributed by atoms with van der Waals surface area (Å²) in [6.45, 7) is 3.44. The second kappa shape index (κ2) is 8.56. The zero-order valence-electron chi connectivity index (χ0n) is 13.8. The van der Waals surface area contributed by atoms with Crippen molar-refractivity contribution in [3.63, 3.8) is 0 Å². The standard InChI is InChI=1S/C18H17Cl3N2O2/c1-11-14(20)4-3-5-16(11)22-18(25)8-9-23(12(2)24)17-7-6-13(19)10-15(17)21/h3-7,10H,8-9H2,1-2H3,(H,22,25). The largest absolute Gasteiger partial charge is 0.326 e. The summed E-state index contributed by atoms with van der Waals surface area (Å²) in [5.74, 6) is -0.433. The molecular formula is C18H17Cl3N2O2. The van der Waals surface area contributed by atoms with Crippen LogP contribution >= 0.6 is 34.8 Å². The summed E-state index contributed by atoms with van der Waals surface area (Å²) in [5.41, 5.74) is 1.96. The van der Waals surface area contributed by atoms with Crippen molar-refractivity contribution < 1.29 is 9.59 Å². The van der Waals surface area contributed by atoms with Gasteiger partial charge in [0.2, 0.25) is 11.8 Å². The van der Waals surface area contributed by atoms with Gasteiger partial charge in [0.05, 0.1) is 10.7 Å². The molecule has 4 nitrogen and oxygen atoms in total. The summed E-state index contributed by atoms with van der Waals surface area (Å²) < 4.78 is 0. The van der Waals surface area contributed by atoms with E-state index < -0.39 is 0 Å². The summed E-state index contributed by atoms with van der Waals surface area (Å²) in [6, 6.07) is 10.2. The van der Waals surface area contributed by atoms with E-state index in [1.807, 2.05) is 6.92 Å². The molecule has 0 atom stereocenters. The van der Waals surface area contributed by atoms with Gasteiger partial charge in [-0.1, -0.05) is 40.9 Å². The molecule has 0 spiro atoms. The highest BCUT2D eigenvalue weighted by molar-refractivity contribution is 6.36. The predicted molar refractivity (Wildman–Crippen MR) is 104 cm³/mol. The molecule has 0 bridgehead atoms. The highest BCUT2D eigenvalue weighted by Gasteiger charge is 2.17. The number of anilines is 2. The van der Waals surface area contributed by atoms with E-state index in [0.717, 1.165) is 5.56 Å². The topological polar surface area (TPSA) is 49.4 Å². The first kappa shape index (κ1) is 19.6. The van der Waals surface area contributed by atoms with Gasteiger partial charge in [-0.2, -0.15) is 0 Å². The van der Waals surface area contributed by atoms with Crippen LogP contribution in [-0.2, 0) is 9.59 Å². The van der Waals surface area contributed by atoms with Gasteiger partial charge in [0, 0.05) is 35.6 Å². The molecular weight excluding hydrogens is 383 g/mol. The number of benzene rings is 2. The van der Waals surface area contributed by atoms with Gasteiger partial charge in [0.1, 0.15) is 0 Å². The minimum Gasteiger partial charge on any atom is -0.326 e. The molecule has 0 aliphatic heterocycles. The van der Waals surface area contributed by atoms with Crippen LogP contribution in [0.4, 0.5) is 11.4 Å². The quantitative estimate of drug-likeness (QED) is 0.738. The molecule has 0 fully saturated rings. The van der Waals surface area contributed by atoms with E-state index in [1.165, 1.54) is 11.8 Å². The molecule has 2 amide bonds. The second-order valence-electron chi connectivity index (χ2n) is 5.48. The predicted octanol–water partition coefficient (Wildman–Crippen LogP) is 5.34. The first-order valence-corrected chi connectivity index (χ1v) is 8.71. The molecule has 0 radical (unpaired) electrons. The average molecular weight is 400 g/mol. The lowest BCUT2D eigenvalue weighted by molar-refractivity contribution is -0.117. The number of hydrogen-bond acceptors (Lipinski definition) is 2. The zero-order valence-corrected chi connectivity index (χ0v) is 16.0. The van der Waals surface area contributed by atoms with Gasteiger partial charge in [0.25, 0.3) is 0 Å². The Hall–Kier alpha value is -1.75. The third-order valence-electron chi connectivity index (χ3n) is 3.68. The van der Waals surface area contributed by atoms with Crippen LogP contribution in [0.25, 0.3) is 0 Å². The molecule has 2 aromatic rings. The van der Waals surface area contributed by atoms with E-state index in [1.54, 1.807) is 36.4 Å². The molecule has 1 N–H and O–H groups in total. The maximum absolute atomic E-state index is 12.2. The van der Waals surface area contributed by atoms with Crippen molar-refractivity contribution in [1.29, 1.82) is 0 Å². The molecule has 0 heterocycles. The van der Waals surface area contributed by atoms with Crippen LogP contribution in [0, 0.1) is 6.92 Å². The van der Waals surface area contributed by atoms with E-state index >= 15 is 0 Å². The van der Waals surface area contributed by atoms with Crippen molar-refractivity contribution in [2.75, 3.05) is 16.8 Å². The Morgan fingerprint density at radius 3 is 2.44 bits per heavy atom. The first-order chi connectivity index (χ1) is 11.8. The van der Waals surface area contributed by atoms with Crippen molar-refractivity contribution in [1.82, 2.24) is 0 Å². The first-order valence-electron chi connectivity index (χ1n) is 7.57. The monoisotopic (exact) mass is 398 g/mol. The van der Waals surface area contributed by atoms with Crippen molar-refractivity contribution in [3.8, 4) is 0 Å². The Bertz CT molecular complexity index is 809. The molecule has 0 unspecified atom stereocenters. The van der Waals surface area contributed by atoms with Crippen molar-refractivity contribution >= 4 is 58.0 Å². The zero-order chi connectivity index (χ0) is 18.6. The summed E-state index contributed by atoms with van der Waals surface area (Å²) in [4.78, 5) is 25.6. The summed E-state index contributed by atoms with van der Waals surface area (Å²) >= 11 is 18.1. The molecule has 0 saturated heterocycles. The molecule has 0 aliphatic carbocycles. The molecule has 7 heteroatoms. The van der Waals surface area contributed by atoms with Crippen LogP contribution in [0.1, 0.15) is 18.9 Å². The smallest absolute Gasteiger partial charge is 0.226 e. The molecule has 132 valence electrons. The van der Waals surface area contributed by atoms with Gasteiger partial charge >= 0.3 is 0 Å². The third kappa shape index (κ3) is 5.11. The van der Waals surface area contributed by atoms with Crippen LogP contribution in [0.15, 0.2) is 36.4 Å². The van der Waals surface area contributed by atoms with E-state index in [4.69, 9.17) is 34.8 Å². The summed E-state index contributed by atoms with van der Waals surface area (Å²) in [5, 5.41) is 4.22. The van der Waals surface area contributed by atoms with Gasteiger partial charge in [-0.25, -0.2) is 0 Å². The minimum atomic E-state index is -0.221. The van der Waals surface area contributed by atoms with E-state index in [9.17, 15) is 9.59 Å². The fourth-order valence-corrected chi connectivity index (χ4v) is 3.00. The van der Waals surface area contributed by atoms with Crippen LogP contribution in [0.5, 0.6) is 0 Å². The van der Waals surface area contributed by atoms with Crippen molar-refractivity contribution in [3.05, 3.63) is 57.0 Å². The van der Waals surface area contributed by atoms with E-state index in [0.29, 0.717) is 26.4 Å². The third-order valence-corrected chi connectivity index (χ3v) is 4.63. The number of carbonyl (C=O) groups is 2.